The molecule has 0 aromatic carbocycles. The van der Waals surface area contributed by atoms with Crippen LogP contribution in [0.1, 0.15) is 6.42 Å². The Kier molecular flexibility index (Phi) is 4.21. The molecule has 1 fully saturated rings. The molecule has 1 rings (SSSR count). The zero-order chi connectivity index (χ0) is 7.61. The quantitative estimate of drug-likeness (QED) is 0.701. The van der Waals surface area contributed by atoms with Crippen molar-refractivity contribution in [3.8, 4) is 0 Å². The van der Waals surface area contributed by atoms with E-state index < -0.39 is 11.8 Å². The van der Waals surface area contributed by atoms with Crippen molar-refractivity contribution >= 4 is 12.4 Å². The molecule has 1 unspecified atom stereocenters. The fourth-order valence-corrected chi connectivity index (χ4v) is 1.05. The van der Waals surface area contributed by atoms with Crippen LogP contribution in [0.25, 0.3) is 0 Å². The number of hydrogen-bond donors (Lipinski definition) is 1. The maximum absolute atomic E-state index is 12.2. The van der Waals surface area contributed by atoms with Gasteiger partial charge in [0.05, 0.1) is 12.0 Å². The van der Waals surface area contributed by atoms with Gasteiger partial charge in [-0.15, -0.1) is 12.4 Å². The van der Waals surface area contributed by atoms with Gasteiger partial charge in [-0.25, -0.2) is 8.78 Å². The molecule has 1 heterocycles. The highest BCUT2D eigenvalue weighted by atomic mass is 35.5. The van der Waals surface area contributed by atoms with Gasteiger partial charge in [-0.05, 0) is 6.42 Å². The maximum atomic E-state index is 12.2. The molecule has 0 aliphatic carbocycles. The number of rotatable bonds is 2. The van der Waals surface area contributed by atoms with E-state index in [4.69, 9.17) is 10.5 Å². The van der Waals surface area contributed by atoms with E-state index in [-0.39, 0.29) is 25.6 Å². The highest BCUT2D eigenvalue weighted by Crippen LogP contribution is 2.33. The molecule has 68 valence electrons. The molecule has 2 N–H and O–H groups in total. The van der Waals surface area contributed by atoms with E-state index in [1.54, 1.807) is 0 Å². The lowest BCUT2D eigenvalue weighted by molar-refractivity contribution is -0.00587. The highest BCUT2D eigenvalue weighted by Gasteiger charge is 2.42. The van der Waals surface area contributed by atoms with E-state index in [2.05, 4.69) is 0 Å². The first-order valence-corrected chi connectivity index (χ1v) is 3.27. The largest absolute Gasteiger partial charge is 0.381 e. The van der Waals surface area contributed by atoms with Crippen LogP contribution in [0.3, 0.4) is 0 Å². The van der Waals surface area contributed by atoms with Gasteiger partial charge in [-0.2, -0.15) is 0 Å². The van der Waals surface area contributed by atoms with Crippen LogP contribution < -0.4 is 5.73 Å². The fraction of sp³-hybridized carbons (Fsp3) is 1.00. The second-order valence-electron chi connectivity index (χ2n) is 2.67. The second kappa shape index (κ2) is 4.18. The third kappa shape index (κ3) is 2.01. The SMILES string of the molecule is Cl.NCC1(C(F)F)CCOC1. The summed E-state index contributed by atoms with van der Waals surface area (Å²) in [6.07, 6.45) is -1.96. The predicted molar refractivity (Wildman–Crippen MR) is 40.2 cm³/mol. The molecule has 0 spiro atoms. The zero-order valence-electron chi connectivity index (χ0n) is 6.06. The molecule has 5 heteroatoms. The van der Waals surface area contributed by atoms with Crippen molar-refractivity contribution in [2.45, 2.75) is 12.8 Å². The number of hydrogen-bond acceptors (Lipinski definition) is 2. The Balaban J connectivity index is 0.000001000. The van der Waals surface area contributed by atoms with Gasteiger partial charge in [0.15, 0.2) is 0 Å². The van der Waals surface area contributed by atoms with Gasteiger partial charge < -0.3 is 10.5 Å². The molecule has 1 saturated heterocycles. The lowest BCUT2D eigenvalue weighted by Gasteiger charge is -2.23. The average Bonchev–Trinajstić information content (AvgIpc) is 2.35. The minimum atomic E-state index is -2.35. The van der Waals surface area contributed by atoms with E-state index in [0.717, 1.165) is 0 Å². The van der Waals surface area contributed by atoms with Crippen molar-refractivity contribution in [2.24, 2.45) is 11.1 Å². The summed E-state index contributed by atoms with van der Waals surface area (Å²) in [7, 11) is 0. The minimum Gasteiger partial charge on any atom is -0.381 e. The lowest BCUT2D eigenvalue weighted by Crippen LogP contribution is -2.37. The maximum Gasteiger partial charge on any atom is 0.247 e. The molecule has 0 saturated carbocycles. The number of halogens is 3. The molecule has 0 radical (unpaired) electrons. The Morgan fingerprint density at radius 1 is 1.55 bits per heavy atom. The fourth-order valence-electron chi connectivity index (χ4n) is 1.05. The summed E-state index contributed by atoms with van der Waals surface area (Å²) in [5, 5.41) is 0. The topological polar surface area (TPSA) is 35.2 Å². The smallest absolute Gasteiger partial charge is 0.247 e. The summed E-state index contributed by atoms with van der Waals surface area (Å²) < 4.78 is 29.3. The first-order chi connectivity index (χ1) is 4.71. The molecule has 0 amide bonds. The highest BCUT2D eigenvalue weighted by molar-refractivity contribution is 5.85. The first-order valence-electron chi connectivity index (χ1n) is 3.27. The molecule has 0 bridgehead atoms. The van der Waals surface area contributed by atoms with Crippen molar-refractivity contribution in [3.63, 3.8) is 0 Å². The van der Waals surface area contributed by atoms with Crippen LogP contribution in [-0.4, -0.2) is 26.2 Å². The van der Waals surface area contributed by atoms with Gasteiger partial charge in [-0.1, -0.05) is 0 Å². The van der Waals surface area contributed by atoms with Gasteiger partial charge in [0, 0.05) is 13.2 Å². The van der Waals surface area contributed by atoms with Crippen LogP contribution >= 0.6 is 12.4 Å². The van der Waals surface area contributed by atoms with Gasteiger partial charge >= 0.3 is 0 Å². The summed E-state index contributed by atoms with van der Waals surface area (Å²) in [5.74, 6) is 0. The Morgan fingerprint density at radius 2 is 2.18 bits per heavy atom. The molecule has 1 aliphatic heterocycles. The van der Waals surface area contributed by atoms with Crippen LogP contribution in [0.4, 0.5) is 8.78 Å². The molecule has 2 nitrogen and oxygen atoms in total. The van der Waals surface area contributed by atoms with E-state index in [1.165, 1.54) is 0 Å². The Morgan fingerprint density at radius 3 is 2.36 bits per heavy atom. The van der Waals surface area contributed by atoms with Gasteiger partial charge in [0.25, 0.3) is 0 Å². The van der Waals surface area contributed by atoms with Crippen LogP contribution in [0, 0.1) is 5.41 Å². The van der Waals surface area contributed by atoms with E-state index in [1.807, 2.05) is 0 Å². The molecule has 0 aromatic heterocycles. The van der Waals surface area contributed by atoms with Gasteiger partial charge in [-0.3, -0.25) is 0 Å². The van der Waals surface area contributed by atoms with Crippen LogP contribution in [0.15, 0.2) is 0 Å². The van der Waals surface area contributed by atoms with E-state index >= 15 is 0 Å². The third-order valence-electron chi connectivity index (χ3n) is 2.00. The standard InChI is InChI=1S/C6H11F2NO.ClH/c7-5(8)6(3-9)1-2-10-4-6;/h5H,1-4,9H2;1H. The molecular formula is C6H12ClF2NO. The van der Waals surface area contributed by atoms with Gasteiger partial charge in [0.2, 0.25) is 6.43 Å². The lowest BCUT2D eigenvalue weighted by atomic mass is 9.88. The average molecular weight is 188 g/mol. The molecule has 1 aliphatic rings. The van der Waals surface area contributed by atoms with Crippen LogP contribution in [0.5, 0.6) is 0 Å². The number of nitrogens with two attached hydrogens (primary N) is 1. The number of alkyl halides is 2. The molecule has 11 heavy (non-hydrogen) atoms. The Hall–Kier alpha value is 0.0700. The van der Waals surface area contributed by atoms with E-state index in [9.17, 15) is 8.78 Å². The molecule has 1 atom stereocenters. The predicted octanol–water partition coefficient (Wildman–Crippen LogP) is 1.04. The Bertz CT molecular complexity index is 117. The van der Waals surface area contributed by atoms with Gasteiger partial charge in [0.1, 0.15) is 0 Å². The van der Waals surface area contributed by atoms with Crippen molar-refractivity contribution in [2.75, 3.05) is 19.8 Å². The molecule has 0 aromatic rings. The van der Waals surface area contributed by atoms with Crippen LogP contribution in [-0.2, 0) is 4.74 Å². The Labute approximate surface area is 70.5 Å². The summed E-state index contributed by atoms with van der Waals surface area (Å²) in [4.78, 5) is 0. The number of ether oxygens (including phenoxy) is 1. The second-order valence-corrected chi connectivity index (χ2v) is 2.67. The molecular weight excluding hydrogens is 176 g/mol. The summed E-state index contributed by atoms with van der Waals surface area (Å²) >= 11 is 0. The third-order valence-corrected chi connectivity index (χ3v) is 2.00. The van der Waals surface area contributed by atoms with Crippen LogP contribution in [0.2, 0.25) is 0 Å². The van der Waals surface area contributed by atoms with Crippen molar-refractivity contribution in [1.29, 1.82) is 0 Å². The van der Waals surface area contributed by atoms with Crippen molar-refractivity contribution < 1.29 is 13.5 Å². The van der Waals surface area contributed by atoms with Crippen molar-refractivity contribution in [1.82, 2.24) is 0 Å². The summed E-state index contributed by atoms with van der Waals surface area (Å²) in [6, 6.07) is 0. The first kappa shape index (κ1) is 11.1. The van der Waals surface area contributed by atoms with E-state index in [0.29, 0.717) is 13.0 Å². The monoisotopic (exact) mass is 187 g/mol. The van der Waals surface area contributed by atoms with Crippen molar-refractivity contribution in [3.05, 3.63) is 0 Å². The summed E-state index contributed by atoms with van der Waals surface area (Å²) in [6.45, 7) is 0.549. The summed E-state index contributed by atoms with van der Waals surface area (Å²) in [5.41, 5.74) is 4.17. The zero-order valence-corrected chi connectivity index (χ0v) is 6.87. The minimum absolute atomic E-state index is 0. The normalized spacial score (nSPS) is 30.5.